The number of carbonyl (C=O) groups is 1. The van der Waals surface area contributed by atoms with Crippen LogP contribution >= 0.6 is 50.8 Å². The fraction of sp³-hybridized carbons (Fsp3) is 0.111. The number of aromatic nitrogens is 2. The molecule has 1 N–H and O–H groups in total. The van der Waals surface area contributed by atoms with Gasteiger partial charge in [-0.05, 0) is 23.3 Å². The Morgan fingerprint density at radius 1 is 1.07 bits per heavy atom. The molecular weight excluding hydrogens is 464 g/mol. The van der Waals surface area contributed by atoms with E-state index in [-0.39, 0.29) is 11.7 Å². The monoisotopic (exact) mass is 478 g/mol. The zero-order valence-electron chi connectivity index (χ0n) is 14.0. The predicted molar refractivity (Wildman–Crippen MR) is 117 cm³/mol. The summed E-state index contributed by atoms with van der Waals surface area (Å²) < 4.78 is 2.67. The summed E-state index contributed by atoms with van der Waals surface area (Å²) in [5.74, 6) is 0.920. The van der Waals surface area contributed by atoms with Crippen LogP contribution in [0.1, 0.15) is 11.1 Å². The van der Waals surface area contributed by atoms with Crippen LogP contribution in [0.5, 0.6) is 0 Å². The maximum Gasteiger partial charge on any atom is 0.250 e. The molecule has 3 aromatic rings. The van der Waals surface area contributed by atoms with Crippen LogP contribution in [0.2, 0.25) is 0 Å². The van der Waals surface area contributed by atoms with Crippen LogP contribution in [0.25, 0.3) is 0 Å². The first kappa shape index (κ1) is 20.1. The van der Waals surface area contributed by atoms with Crippen LogP contribution in [0, 0.1) is 0 Å². The Bertz CT molecular complexity index is 900. The molecule has 0 aliphatic carbocycles. The number of halogens is 1. The molecule has 0 aliphatic heterocycles. The standard InChI is InChI=1S/C18H15BrN4OS3/c19-15-8-6-13(7-9-15)10-20-21-16(24)12-26-18-23-22-17(27-18)25-11-14-4-2-1-3-5-14/h1-10H,11-12H2,(H,21,24)/b20-10-. The van der Waals surface area contributed by atoms with Gasteiger partial charge in [-0.25, -0.2) is 5.43 Å². The fourth-order valence-electron chi connectivity index (χ4n) is 1.92. The predicted octanol–water partition coefficient (Wildman–Crippen LogP) is 4.84. The number of thioether (sulfide) groups is 2. The van der Waals surface area contributed by atoms with E-state index in [9.17, 15) is 4.79 Å². The van der Waals surface area contributed by atoms with Crippen LogP contribution in [0.3, 0.4) is 0 Å². The number of rotatable bonds is 8. The molecule has 0 fully saturated rings. The summed E-state index contributed by atoms with van der Waals surface area (Å²) in [4.78, 5) is 11.9. The van der Waals surface area contributed by atoms with Crippen molar-refractivity contribution in [3.8, 4) is 0 Å². The number of hydrogen-bond acceptors (Lipinski definition) is 7. The quantitative estimate of drug-likeness (QED) is 0.285. The second kappa shape index (κ2) is 10.6. The molecule has 0 spiro atoms. The van der Waals surface area contributed by atoms with Gasteiger partial charge in [-0.15, -0.1) is 10.2 Å². The van der Waals surface area contributed by atoms with Crippen LogP contribution in [0.4, 0.5) is 0 Å². The van der Waals surface area contributed by atoms with Crippen molar-refractivity contribution in [2.24, 2.45) is 5.10 Å². The molecule has 0 radical (unpaired) electrons. The molecule has 1 amide bonds. The van der Waals surface area contributed by atoms with Crippen molar-refractivity contribution >= 4 is 62.9 Å². The Morgan fingerprint density at radius 3 is 2.52 bits per heavy atom. The molecular formula is C18H15BrN4OS3. The lowest BCUT2D eigenvalue weighted by Crippen LogP contribution is -2.19. The Labute approximate surface area is 178 Å². The first-order valence-corrected chi connectivity index (χ1v) is 11.5. The van der Waals surface area contributed by atoms with Gasteiger partial charge in [-0.3, -0.25) is 4.79 Å². The third-order valence-corrected chi connectivity index (χ3v) is 6.98. The number of hydrazone groups is 1. The number of nitrogens with zero attached hydrogens (tertiary/aromatic N) is 3. The smallest absolute Gasteiger partial charge is 0.250 e. The molecule has 0 saturated heterocycles. The molecule has 2 aromatic carbocycles. The van der Waals surface area contributed by atoms with Gasteiger partial charge in [0, 0.05) is 10.2 Å². The maximum atomic E-state index is 11.9. The topological polar surface area (TPSA) is 67.2 Å². The lowest BCUT2D eigenvalue weighted by Gasteiger charge is -1.98. The van der Waals surface area contributed by atoms with Gasteiger partial charge < -0.3 is 0 Å². The number of benzene rings is 2. The van der Waals surface area contributed by atoms with E-state index in [0.717, 1.165) is 24.5 Å². The minimum Gasteiger partial charge on any atom is -0.272 e. The summed E-state index contributed by atoms with van der Waals surface area (Å²) in [7, 11) is 0. The third-order valence-electron chi connectivity index (χ3n) is 3.19. The fourth-order valence-corrected chi connectivity index (χ4v) is 4.95. The molecule has 0 unspecified atom stereocenters. The maximum absolute atomic E-state index is 11.9. The van der Waals surface area contributed by atoms with Crippen LogP contribution in [-0.4, -0.2) is 28.1 Å². The summed E-state index contributed by atoms with van der Waals surface area (Å²) >= 11 is 7.88. The Hall–Kier alpha value is -1.68. The summed E-state index contributed by atoms with van der Waals surface area (Å²) in [6, 6.07) is 17.9. The van der Waals surface area contributed by atoms with Crippen molar-refractivity contribution in [3.63, 3.8) is 0 Å². The molecule has 9 heteroatoms. The van der Waals surface area contributed by atoms with E-state index in [1.54, 1.807) is 18.0 Å². The van der Waals surface area contributed by atoms with Gasteiger partial charge in [0.15, 0.2) is 8.68 Å². The molecule has 0 saturated carbocycles. The highest BCUT2D eigenvalue weighted by Gasteiger charge is 2.08. The normalized spacial score (nSPS) is 11.0. The van der Waals surface area contributed by atoms with Crippen molar-refractivity contribution in [1.29, 1.82) is 0 Å². The molecule has 0 atom stereocenters. The van der Waals surface area contributed by atoms with Gasteiger partial charge in [-0.1, -0.05) is 93.3 Å². The average Bonchev–Trinajstić information content (AvgIpc) is 3.15. The highest BCUT2D eigenvalue weighted by molar-refractivity contribution is 9.10. The van der Waals surface area contributed by atoms with E-state index in [2.05, 4.69) is 48.8 Å². The highest BCUT2D eigenvalue weighted by Crippen LogP contribution is 2.30. The summed E-state index contributed by atoms with van der Waals surface area (Å²) in [5, 5.41) is 12.2. The van der Waals surface area contributed by atoms with Crippen LogP contribution in [0.15, 0.2) is 72.9 Å². The molecule has 1 aromatic heterocycles. The number of nitrogens with one attached hydrogen (secondary N) is 1. The van der Waals surface area contributed by atoms with E-state index in [1.165, 1.54) is 28.7 Å². The average molecular weight is 479 g/mol. The molecule has 138 valence electrons. The van der Waals surface area contributed by atoms with Crippen molar-refractivity contribution < 1.29 is 4.79 Å². The number of amides is 1. The summed E-state index contributed by atoms with van der Waals surface area (Å²) in [6.07, 6.45) is 1.61. The first-order chi connectivity index (χ1) is 13.2. The minimum atomic E-state index is -0.179. The van der Waals surface area contributed by atoms with Gasteiger partial charge in [-0.2, -0.15) is 5.10 Å². The van der Waals surface area contributed by atoms with E-state index in [1.807, 2.05) is 42.5 Å². The van der Waals surface area contributed by atoms with Gasteiger partial charge >= 0.3 is 0 Å². The van der Waals surface area contributed by atoms with E-state index in [0.29, 0.717) is 0 Å². The molecule has 3 rings (SSSR count). The molecule has 1 heterocycles. The van der Waals surface area contributed by atoms with Crippen LogP contribution < -0.4 is 5.43 Å². The summed E-state index contributed by atoms with van der Waals surface area (Å²) in [5.41, 5.74) is 4.68. The van der Waals surface area contributed by atoms with E-state index in [4.69, 9.17) is 0 Å². The molecule has 0 bridgehead atoms. The summed E-state index contributed by atoms with van der Waals surface area (Å²) in [6.45, 7) is 0. The SMILES string of the molecule is O=C(CSc1nnc(SCc2ccccc2)s1)N/N=C\c1ccc(Br)cc1. The Kier molecular flexibility index (Phi) is 7.88. The zero-order chi connectivity index (χ0) is 18.9. The number of hydrogen-bond donors (Lipinski definition) is 1. The molecule has 0 aliphatic rings. The second-order valence-corrected chi connectivity index (χ2v) is 9.58. The third kappa shape index (κ3) is 7.10. The zero-order valence-corrected chi connectivity index (χ0v) is 18.1. The molecule has 27 heavy (non-hydrogen) atoms. The first-order valence-electron chi connectivity index (χ1n) is 7.89. The second-order valence-electron chi connectivity index (χ2n) is 5.24. The number of carbonyl (C=O) groups excluding carboxylic acids is 1. The van der Waals surface area contributed by atoms with Gasteiger partial charge in [0.25, 0.3) is 5.91 Å². The van der Waals surface area contributed by atoms with E-state index < -0.39 is 0 Å². The van der Waals surface area contributed by atoms with Gasteiger partial charge in [0.2, 0.25) is 0 Å². The minimum absolute atomic E-state index is 0.179. The van der Waals surface area contributed by atoms with Crippen molar-refractivity contribution in [1.82, 2.24) is 15.6 Å². The van der Waals surface area contributed by atoms with Crippen LogP contribution in [-0.2, 0) is 10.5 Å². The van der Waals surface area contributed by atoms with Crippen molar-refractivity contribution in [3.05, 3.63) is 70.2 Å². The van der Waals surface area contributed by atoms with Crippen molar-refractivity contribution in [2.45, 2.75) is 14.4 Å². The molecule has 5 nitrogen and oxygen atoms in total. The lowest BCUT2D eigenvalue weighted by atomic mass is 10.2. The Morgan fingerprint density at radius 2 is 1.78 bits per heavy atom. The lowest BCUT2D eigenvalue weighted by molar-refractivity contribution is -0.118. The van der Waals surface area contributed by atoms with E-state index >= 15 is 0 Å². The van der Waals surface area contributed by atoms with Crippen molar-refractivity contribution in [2.75, 3.05) is 5.75 Å². The largest absolute Gasteiger partial charge is 0.272 e. The van der Waals surface area contributed by atoms with Gasteiger partial charge in [0.1, 0.15) is 0 Å². The Balaban J connectivity index is 1.40. The van der Waals surface area contributed by atoms with Gasteiger partial charge in [0.05, 0.1) is 12.0 Å². The highest BCUT2D eigenvalue weighted by atomic mass is 79.9.